The Labute approximate surface area is 219 Å². The summed E-state index contributed by atoms with van der Waals surface area (Å²) < 4.78 is 4.68. The van der Waals surface area contributed by atoms with E-state index in [9.17, 15) is 0 Å². The van der Waals surface area contributed by atoms with Crippen LogP contribution in [0.15, 0.2) is 122 Å². The Bertz CT molecular complexity index is 2070. The predicted molar refractivity (Wildman–Crippen MR) is 157 cm³/mol. The van der Waals surface area contributed by atoms with Crippen LogP contribution in [0.3, 0.4) is 0 Å². The first kappa shape index (κ1) is 21.2. The summed E-state index contributed by atoms with van der Waals surface area (Å²) in [6.45, 7) is 0. The van der Waals surface area contributed by atoms with Gasteiger partial charge in [0, 0.05) is 34.6 Å². The first-order valence-electron chi connectivity index (χ1n) is 13.1. The molecule has 0 saturated carbocycles. The summed E-state index contributed by atoms with van der Waals surface area (Å²) in [6, 6.07) is 32.4. The summed E-state index contributed by atoms with van der Waals surface area (Å²) >= 11 is 0. The summed E-state index contributed by atoms with van der Waals surface area (Å²) in [4.78, 5) is 9.60. The smallest absolute Gasteiger partial charge is 0.0963 e. The number of aromatic nitrogens is 4. The van der Waals surface area contributed by atoms with Gasteiger partial charge in [-0.1, -0.05) is 42.5 Å². The molecule has 3 aromatic carbocycles. The fourth-order valence-electron chi connectivity index (χ4n) is 5.97. The number of allylic oxidation sites excluding steroid dienone is 4. The summed E-state index contributed by atoms with van der Waals surface area (Å²) in [7, 11) is 0. The van der Waals surface area contributed by atoms with Crippen LogP contribution in [0, 0.1) is 0 Å². The summed E-state index contributed by atoms with van der Waals surface area (Å²) in [6.07, 6.45) is 12.5. The van der Waals surface area contributed by atoms with Crippen molar-refractivity contribution in [2.24, 2.45) is 0 Å². The molecule has 1 aliphatic carbocycles. The highest BCUT2D eigenvalue weighted by molar-refractivity contribution is 6.11. The molecule has 0 N–H and O–H groups in total. The second kappa shape index (κ2) is 8.29. The lowest BCUT2D eigenvalue weighted by Crippen LogP contribution is -1.98. The molecule has 0 atom stereocenters. The van der Waals surface area contributed by atoms with Crippen molar-refractivity contribution in [2.45, 2.75) is 12.8 Å². The average molecular weight is 489 g/mol. The third-order valence-electron chi connectivity index (χ3n) is 7.67. The molecule has 0 saturated heterocycles. The number of rotatable bonds is 3. The molecule has 4 heteroatoms. The van der Waals surface area contributed by atoms with Crippen LogP contribution in [0.5, 0.6) is 0 Å². The molecule has 1 aliphatic rings. The molecule has 0 amide bonds. The third kappa shape index (κ3) is 3.10. The molecule has 0 aliphatic heterocycles. The molecule has 0 spiro atoms. The molecule has 0 fully saturated rings. The van der Waals surface area contributed by atoms with Gasteiger partial charge >= 0.3 is 0 Å². The Balaban J connectivity index is 1.35. The Morgan fingerprint density at radius 3 is 1.84 bits per heavy atom. The highest BCUT2D eigenvalue weighted by Gasteiger charge is 2.17. The van der Waals surface area contributed by atoms with E-state index in [4.69, 9.17) is 9.97 Å². The molecule has 38 heavy (non-hydrogen) atoms. The van der Waals surface area contributed by atoms with Crippen molar-refractivity contribution >= 4 is 49.6 Å². The van der Waals surface area contributed by atoms with E-state index in [-0.39, 0.29) is 0 Å². The van der Waals surface area contributed by atoms with Gasteiger partial charge in [-0.3, -0.25) is 9.97 Å². The molecule has 4 nitrogen and oxygen atoms in total. The fraction of sp³-hybridized carbons (Fsp3) is 0.0588. The highest BCUT2D eigenvalue weighted by atomic mass is 15.0. The molecule has 4 aromatic heterocycles. The second-order valence-electron chi connectivity index (χ2n) is 9.84. The summed E-state index contributed by atoms with van der Waals surface area (Å²) in [5.41, 5.74) is 11.5. The quantitative estimate of drug-likeness (QED) is 0.250. The number of pyridine rings is 2. The van der Waals surface area contributed by atoms with Crippen molar-refractivity contribution in [3.8, 4) is 16.8 Å². The maximum atomic E-state index is 4.81. The Kier molecular flexibility index (Phi) is 4.61. The molecule has 0 bridgehead atoms. The number of fused-ring (bicyclic) bond motifs is 6. The van der Waals surface area contributed by atoms with Crippen LogP contribution < -0.4 is 0 Å². The Morgan fingerprint density at radius 2 is 1.21 bits per heavy atom. The van der Waals surface area contributed by atoms with Crippen LogP contribution >= 0.6 is 0 Å². The van der Waals surface area contributed by atoms with E-state index in [0.29, 0.717) is 0 Å². The number of nitrogens with zero attached hydrogens (tertiary/aromatic N) is 4. The van der Waals surface area contributed by atoms with Crippen LogP contribution in [0.25, 0.3) is 66.4 Å². The highest BCUT2D eigenvalue weighted by Crippen LogP contribution is 2.37. The van der Waals surface area contributed by atoms with Crippen molar-refractivity contribution in [1.82, 2.24) is 19.1 Å². The van der Waals surface area contributed by atoms with E-state index in [2.05, 4.69) is 106 Å². The van der Waals surface area contributed by atoms with E-state index >= 15 is 0 Å². The van der Waals surface area contributed by atoms with Crippen LogP contribution in [0.4, 0.5) is 0 Å². The second-order valence-corrected chi connectivity index (χ2v) is 9.84. The average Bonchev–Trinajstić information content (AvgIpc) is 3.50. The van der Waals surface area contributed by atoms with Gasteiger partial charge in [0.25, 0.3) is 0 Å². The van der Waals surface area contributed by atoms with Gasteiger partial charge in [-0.15, -0.1) is 0 Å². The van der Waals surface area contributed by atoms with Gasteiger partial charge in [-0.25, -0.2) is 0 Å². The zero-order valence-corrected chi connectivity index (χ0v) is 20.8. The predicted octanol–water partition coefficient (Wildman–Crippen LogP) is 8.54. The number of hydrogen-bond acceptors (Lipinski definition) is 2. The minimum Gasteiger partial charge on any atom is -0.311 e. The molecule has 0 unspecified atom stereocenters. The van der Waals surface area contributed by atoms with Gasteiger partial charge in [-0.05, 0) is 90.7 Å². The van der Waals surface area contributed by atoms with E-state index in [1.54, 1.807) is 0 Å². The largest absolute Gasteiger partial charge is 0.311 e. The number of para-hydroxylation sites is 1. The monoisotopic (exact) mass is 488 g/mol. The van der Waals surface area contributed by atoms with E-state index in [0.717, 1.165) is 51.5 Å². The van der Waals surface area contributed by atoms with Gasteiger partial charge in [0.1, 0.15) is 0 Å². The van der Waals surface area contributed by atoms with Gasteiger partial charge in [0.2, 0.25) is 0 Å². The lowest BCUT2D eigenvalue weighted by molar-refractivity contribution is 0.979. The first-order valence-corrected chi connectivity index (χ1v) is 13.1. The van der Waals surface area contributed by atoms with Crippen molar-refractivity contribution in [1.29, 1.82) is 0 Å². The molecular weight excluding hydrogens is 464 g/mol. The minimum atomic E-state index is 1.02. The van der Waals surface area contributed by atoms with Gasteiger partial charge in [-0.2, -0.15) is 0 Å². The van der Waals surface area contributed by atoms with E-state index < -0.39 is 0 Å². The van der Waals surface area contributed by atoms with Crippen molar-refractivity contribution in [3.63, 3.8) is 0 Å². The Hall–Kier alpha value is -4.96. The molecule has 4 heterocycles. The maximum absolute atomic E-state index is 4.81. The standard InChI is InChI=1S/C34H24N4/c1-3-9-25(10-4-1)37-29-17-15-23(21-27(29)33-31(37)13-7-19-35-33)24-16-18-30-28(22-24)34-32(14-8-20-36-34)38(30)26-11-5-2-6-12-26/h1-5,7-11,13-22H,6,12H2. The van der Waals surface area contributed by atoms with E-state index in [1.807, 2.05) is 24.5 Å². The molecular formula is C34H24N4. The number of benzene rings is 3. The van der Waals surface area contributed by atoms with Gasteiger partial charge < -0.3 is 9.13 Å². The topological polar surface area (TPSA) is 35.6 Å². The van der Waals surface area contributed by atoms with Crippen molar-refractivity contribution in [3.05, 3.63) is 122 Å². The lowest BCUT2D eigenvalue weighted by atomic mass is 10.0. The maximum Gasteiger partial charge on any atom is 0.0963 e. The number of hydrogen-bond donors (Lipinski definition) is 0. The van der Waals surface area contributed by atoms with Crippen molar-refractivity contribution in [2.75, 3.05) is 0 Å². The van der Waals surface area contributed by atoms with Gasteiger partial charge in [0.05, 0.1) is 33.1 Å². The van der Waals surface area contributed by atoms with Crippen LogP contribution in [0.1, 0.15) is 12.8 Å². The first-order chi connectivity index (χ1) is 18.9. The van der Waals surface area contributed by atoms with Crippen LogP contribution in [0.2, 0.25) is 0 Å². The van der Waals surface area contributed by atoms with Gasteiger partial charge in [0.15, 0.2) is 0 Å². The zero-order valence-electron chi connectivity index (χ0n) is 20.8. The third-order valence-corrected chi connectivity index (χ3v) is 7.67. The minimum absolute atomic E-state index is 1.02. The fourth-order valence-corrected chi connectivity index (χ4v) is 5.97. The van der Waals surface area contributed by atoms with Crippen LogP contribution in [-0.4, -0.2) is 19.1 Å². The van der Waals surface area contributed by atoms with Crippen LogP contribution in [-0.2, 0) is 0 Å². The molecule has 0 radical (unpaired) electrons. The molecule has 7 aromatic rings. The van der Waals surface area contributed by atoms with E-state index in [1.165, 1.54) is 27.7 Å². The molecule has 180 valence electrons. The summed E-state index contributed by atoms with van der Waals surface area (Å²) in [5, 5.41) is 2.33. The molecule has 8 rings (SSSR count). The lowest BCUT2D eigenvalue weighted by Gasteiger charge is -2.13. The SMILES string of the molecule is C1=CCCC(n2c3ccc(-c4ccc5c(c4)c4ncccc4n5-c4ccccc4)cc3c3ncccc32)=C1. The Morgan fingerprint density at radius 1 is 0.579 bits per heavy atom. The summed E-state index contributed by atoms with van der Waals surface area (Å²) in [5.74, 6) is 0. The normalized spacial score (nSPS) is 13.6. The zero-order chi connectivity index (χ0) is 25.1. The van der Waals surface area contributed by atoms with Crippen molar-refractivity contribution < 1.29 is 0 Å².